The second-order valence-corrected chi connectivity index (χ2v) is 5.98. The molecule has 6 heteroatoms. The molecule has 0 spiro atoms. The summed E-state index contributed by atoms with van der Waals surface area (Å²) in [5.74, 6) is -4.48. The molecule has 0 aromatic heterocycles. The summed E-state index contributed by atoms with van der Waals surface area (Å²) in [5, 5.41) is 11.5. The van der Waals surface area contributed by atoms with Crippen LogP contribution in [-0.4, -0.2) is 17.0 Å². The van der Waals surface area contributed by atoms with Crippen molar-refractivity contribution >= 4 is 11.9 Å². The van der Waals surface area contributed by atoms with Crippen LogP contribution >= 0.6 is 0 Å². The van der Waals surface area contributed by atoms with E-state index in [9.17, 15) is 18.4 Å². The van der Waals surface area contributed by atoms with Crippen LogP contribution in [0.1, 0.15) is 32.4 Å². The Morgan fingerprint density at radius 1 is 1.24 bits per heavy atom. The highest BCUT2D eigenvalue weighted by Gasteiger charge is 2.65. The molecule has 3 atom stereocenters. The zero-order valence-electron chi connectivity index (χ0n) is 12.0. The van der Waals surface area contributed by atoms with Crippen LogP contribution in [0, 0.1) is 28.9 Å². The normalized spacial score (nSPS) is 24.2. The molecule has 0 bridgehead atoms. The standard InChI is InChI=1S/C15H17F2NO3/c1-7(10-8(16)5-4-6-9(10)17)18-13(19)11-12(14(20)21)15(11,2)3/h4-7,11-12H,1-3H3,(H,18,19)(H,20,21)/t7?,11-,12+/m1/s1. The molecule has 1 aromatic rings. The Balaban J connectivity index is 2.13. The molecule has 21 heavy (non-hydrogen) atoms. The van der Waals surface area contributed by atoms with Crippen LogP contribution in [0.5, 0.6) is 0 Å². The second kappa shape index (κ2) is 5.09. The lowest BCUT2D eigenvalue weighted by molar-refractivity contribution is -0.140. The summed E-state index contributed by atoms with van der Waals surface area (Å²) in [7, 11) is 0. The van der Waals surface area contributed by atoms with Crippen molar-refractivity contribution in [1.82, 2.24) is 5.32 Å². The first-order chi connectivity index (χ1) is 9.67. The van der Waals surface area contributed by atoms with Crippen molar-refractivity contribution in [2.24, 2.45) is 17.3 Å². The largest absolute Gasteiger partial charge is 0.481 e. The van der Waals surface area contributed by atoms with E-state index in [1.807, 2.05) is 0 Å². The first kappa shape index (κ1) is 15.4. The molecule has 0 saturated heterocycles. The number of carbonyl (C=O) groups excluding carboxylic acids is 1. The fourth-order valence-electron chi connectivity index (χ4n) is 2.89. The molecule has 0 aliphatic heterocycles. The van der Waals surface area contributed by atoms with Gasteiger partial charge in [0.2, 0.25) is 5.91 Å². The zero-order chi connectivity index (χ0) is 15.9. The number of benzene rings is 1. The van der Waals surface area contributed by atoms with Crippen LogP contribution in [0.4, 0.5) is 8.78 Å². The molecule has 1 fully saturated rings. The molecular weight excluding hydrogens is 280 g/mol. The van der Waals surface area contributed by atoms with E-state index in [4.69, 9.17) is 5.11 Å². The van der Waals surface area contributed by atoms with Gasteiger partial charge in [-0.3, -0.25) is 9.59 Å². The number of hydrogen-bond acceptors (Lipinski definition) is 2. The van der Waals surface area contributed by atoms with Gasteiger partial charge in [-0.05, 0) is 24.5 Å². The van der Waals surface area contributed by atoms with Crippen molar-refractivity contribution < 1.29 is 23.5 Å². The van der Waals surface area contributed by atoms with E-state index < -0.39 is 46.8 Å². The van der Waals surface area contributed by atoms with Crippen molar-refractivity contribution in [3.63, 3.8) is 0 Å². The van der Waals surface area contributed by atoms with E-state index in [-0.39, 0.29) is 5.56 Å². The third-order valence-corrected chi connectivity index (χ3v) is 4.17. The molecule has 1 amide bonds. The monoisotopic (exact) mass is 297 g/mol. The van der Waals surface area contributed by atoms with Crippen molar-refractivity contribution in [2.75, 3.05) is 0 Å². The van der Waals surface area contributed by atoms with Crippen molar-refractivity contribution in [3.8, 4) is 0 Å². The number of amides is 1. The average molecular weight is 297 g/mol. The lowest BCUT2D eigenvalue weighted by Gasteiger charge is -2.16. The lowest BCUT2D eigenvalue weighted by atomic mass is 10.1. The Morgan fingerprint density at radius 2 is 1.76 bits per heavy atom. The smallest absolute Gasteiger partial charge is 0.307 e. The van der Waals surface area contributed by atoms with Crippen LogP contribution in [-0.2, 0) is 9.59 Å². The maximum absolute atomic E-state index is 13.6. The molecule has 1 aliphatic rings. The molecule has 2 N–H and O–H groups in total. The Morgan fingerprint density at radius 3 is 2.19 bits per heavy atom. The number of aliphatic carboxylic acids is 1. The molecule has 1 aliphatic carbocycles. The maximum atomic E-state index is 13.6. The lowest BCUT2D eigenvalue weighted by Crippen LogP contribution is -2.31. The highest BCUT2D eigenvalue weighted by Crippen LogP contribution is 2.58. The summed E-state index contributed by atoms with van der Waals surface area (Å²) in [4.78, 5) is 23.2. The average Bonchev–Trinajstić information content (AvgIpc) is 2.92. The minimum absolute atomic E-state index is 0.226. The van der Waals surface area contributed by atoms with E-state index in [1.165, 1.54) is 13.0 Å². The summed E-state index contributed by atoms with van der Waals surface area (Å²) in [6.45, 7) is 4.83. The summed E-state index contributed by atoms with van der Waals surface area (Å²) < 4.78 is 27.3. The van der Waals surface area contributed by atoms with E-state index >= 15 is 0 Å². The fourth-order valence-corrected chi connectivity index (χ4v) is 2.89. The molecule has 1 unspecified atom stereocenters. The van der Waals surface area contributed by atoms with Gasteiger partial charge in [-0.2, -0.15) is 0 Å². The Bertz CT molecular complexity index is 580. The number of halogens is 2. The molecule has 0 heterocycles. The molecule has 1 saturated carbocycles. The van der Waals surface area contributed by atoms with Gasteiger partial charge in [-0.25, -0.2) is 8.78 Å². The molecule has 1 aromatic carbocycles. The fraction of sp³-hybridized carbons (Fsp3) is 0.467. The third kappa shape index (κ3) is 2.62. The Kier molecular flexibility index (Phi) is 3.74. The molecule has 2 rings (SSSR count). The first-order valence-electron chi connectivity index (χ1n) is 6.65. The zero-order valence-corrected chi connectivity index (χ0v) is 12.0. The number of nitrogens with one attached hydrogen (secondary N) is 1. The number of rotatable bonds is 4. The van der Waals surface area contributed by atoms with Gasteiger partial charge < -0.3 is 10.4 Å². The molecule has 114 valence electrons. The van der Waals surface area contributed by atoms with Crippen LogP contribution in [0.2, 0.25) is 0 Å². The van der Waals surface area contributed by atoms with E-state index in [0.717, 1.165) is 12.1 Å². The predicted octanol–water partition coefficient (Wildman–Crippen LogP) is 2.50. The summed E-state index contributed by atoms with van der Waals surface area (Å²) in [5.41, 5.74) is -0.875. The van der Waals surface area contributed by atoms with Gasteiger partial charge in [0.1, 0.15) is 11.6 Å². The van der Waals surface area contributed by atoms with Crippen LogP contribution in [0.15, 0.2) is 18.2 Å². The van der Waals surface area contributed by atoms with E-state index in [1.54, 1.807) is 13.8 Å². The SMILES string of the molecule is CC(NC(=O)[C@H]1[C@@H](C(=O)O)C1(C)C)c1c(F)cccc1F. The van der Waals surface area contributed by atoms with Crippen molar-refractivity contribution in [3.05, 3.63) is 35.4 Å². The van der Waals surface area contributed by atoms with Gasteiger partial charge in [0.05, 0.1) is 17.9 Å². The summed E-state index contributed by atoms with van der Waals surface area (Å²) in [6.07, 6.45) is 0. The maximum Gasteiger partial charge on any atom is 0.307 e. The summed E-state index contributed by atoms with van der Waals surface area (Å²) in [6, 6.07) is 2.60. The minimum Gasteiger partial charge on any atom is -0.481 e. The molecule has 4 nitrogen and oxygen atoms in total. The van der Waals surface area contributed by atoms with Crippen molar-refractivity contribution in [2.45, 2.75) is 26.8 Å². The quantitative estimate of drug-likeness (QED) is 0.897. The number of carboxylic acids is 1. The van der Waals surface area contributed by atoms with E-state index in [0.29, 0.717) is 0 Å². The minimum atomic E-state index is -1.04. The Labute approximate surface area is 121 Å². The highest BCUT2D eigenvalue weighted by atomic mass is 19.1. The first-order valence-corrected chi connectivity index (χ1v) is 6.65. The van der Waals surface area contributed by atoms with E-state index in [2.05, 4.69) is 5.32 Å². The van der Waals surface area contributed by atoms with Gasteiger partial charge in [0, 0.05) is 5.56 Å². The number of carboxylic acid groups (broad SMARTS) is 1. The topological polar surface area (TPSA) is 66.4 Å². The van der Waals surface area contributed by atoms with Crippen molar-refractivity contribution in [1.29, 1.82) is 0 Å². The van der Waals surface area contributed by atoms with Gasteiger partial charge >= 0.3 is 5.97 Å². The van der Waals surface area contributed by atoms with Gasteiger partial charge in [-0.15, -0.1) is 0 Å². The van der Waals surface area contributed by atoms with Crippen LogP contribution < -0.4 is 5.32 Å². The highest BCUT2D eigenvalue weighted by molar-refractivity contribution is 5.91. The molecule has 0 radical (unpaired) electrons. The predicted molar refractivity (Wildman–Crippen MR) is 71.3 cm³/mol. The second-order valence-electron chi connectivity index (χ2n) is 5.98. The van der Waals surface area contributed by atoms with Crippen LogP contribution in [0.3, 0.4) is 0 Å². The van der Waals surface area contributed by atoms with Crippen LogP contribution in [0.25, 0.3) is 0 Å². The third-order valence-electron chi connectivity index (χ3n) is 4.17. The van der Waals surface area contributed by atoms with Gasteiger partial charge in [0.25, 0.3) is 0 Å². The Hall–Kier alpha value is -1.98. The number of carbonyl (C=O) groups is 2. The van der Waals surface area contributed by atoms with Gasteiger partial charge in [-0.1, -0.05) is 19.9 Å². The van der Waals surface area contributed by atoms with Gasteiger partial charge in [0.15, 0.2) is 0 Å². The molecular formula is C15H17F2NO3. The summed E-state index contributed by atoms with van der Waals surface area (Å²) >= 11 is 0. The number of hydrogen-bond donors (Lipinski definition) is 2.